The van der Waals surface area contributed by atoms with E-state index in [1.165, 1.54) is 18.2 Å². The van der Waals surface area contributed by atoms with Crippen LogP contribution in [0.25, 0.3) is 0 Å². The lowest BCUT2D eigenvalue weighted by Gasteiger charge is -2.38. The van der Waals surface area contributed by atoms with Crippen molar-refractivity contribution in [2.24, 2.45) is 10.7 Å². The molecule has 1 aromatic carbocycles. The molecule has 1 atom stereocenters. The number of halogens is 1. The minimum atomic E-state index is -1.01. The molecule has 3 N–H and O–H groups in total. The van der Waals surface area contributed by atoms with Crippen LogP contribution in [0.1, 0.15) is 42.8 Å². The van der Waals surface area contributed by atoms with E-state index in [4.69, 9.17) is 15.0 Å². The molecule has 138 valence electrons. The summed E-state index contributed by atoms with van der Waals surface area (Å²) in [6.07, 6.45) is 0. The quantitative estimate of drug-likeness (QED) is 0.865. The third kappa shape index (κ3) is 3.30. The normalized spacial score (nSPS) is 22.0. The van der Waals surface area contributed by atoms with Gasteiger partial charge in [-0.1, -0.05) is 5.16 Å². The Morgan fingerprint density at radius 3 is 2.69 bits per heavy atom. The number of hydrogen-bond donors (Lipinski definition) is 2. The van der Waals surface area contributed by atoms with Gasteiger partial charge in [0.15, 0.2) is 0 Å². The molecule has 8 nitrogen and oxygen atoms in total. The number of aromatic nitrogens is 2. The molecule has 3 rings (SSSR count). The molecule has 0 bridgehead atoms. The largest absolute Gasteiger partial charge is 0.385 e. The van der Waals surface area contributed by atoms with E-state index < -0.39 is 22.9 Å². The molecule has 26 heavy (non-hydrogen) atoms. The van der Waals surface area contributed by atoms with Gasteiger partial charge in [0.25, 0.3) is 11.7 Å². The standard InChI is InChI=1S/C17H20FN5O3/c1-9-20-13(23-26-9)14(24)21-10-5-6-12(18)11(7-10)17(4)8-25-16(2,3)15(19)22-17/h5-7H,8H2,1-4H3,(H2,19,22)(H,21,24)/t17-/m0/s1. The van der Waals surface area contributed by atoms with E-state index in [0.29, 0.717) is 5.69 Å². The summed E-state index contributed by atoms with van der Waals surface area (Å²) in [6, 6.07) is 4.19. The van der Waals surface area contributed by atoms with Gasteiger partial charge < -0.3 is 20.3 Å². The molecule has 1 aliphatic heterocycles. The number of nitrogens with zero attached hydrogens (tertiary/aromatic N) is 3. The van der Waals surface area contributed by atoms with Crippen molar-refractivity contribution in [3.05, 3.63) is 41.3 Å². The molecular formula is C17H20FN5O3. The summed E-state index contributed by atoms with van der Waals surface area (Å²) < 4.78 is 25.0. The number of amides is 1. The van der Waals surface area contributed by atoms with Crippen molar-refractivity contribution in [2.45, 2.75) is 38.8 Å². The molecule has 0 unspecified atom stereocenters. The van der Waals surface area contributed by atoms with Gasteiger partial charge in [-0.3, -0.25) is 9.79 Å². The van der Waals surface area contributed by atoms with E-state index in [2.05, 4.69) is 20.4 Å². The highest BCUT2D eigenvalue weighted by Crippen LogP contribution is 2.35. The molecule has 0 spiro atoms. The van der Waals surface area contributed by atoms with Crippen molar-refractivity contribution in [3.63, 3.8) is 0 Å². The predicted octanol–water partition coefficient (Wildman–Crippen LogP) is 2.15. The summed E-state index contributed by atoms with van der Waals surface area (Å²) in [5, 5.41) is 6.16. The smallest absolute Gasteiger partial charge is 0.297 e. The number of nitrogens with two attached hydrogens (primary N) is 1. The molecule has 0 radical (unpaired) electrons. The number of carbonyl (C=O) groups excluding carboxylic acids is 1. The lowest BCUT2D eigenvalue weighted by atomic mass is 9.90. The third-order valence-corrected chi connectivity index (χ3v) is 4.23. The molecule has 9 heteroatoms. The second kappa shape index (κ2) is 6.17. The van der Waals surface area contributed by atoms with Crippen molar-refractivity contribution in [2.75, 3.05) is 11.9 Å². The van der Waals surface area contributed by atoms with Gasteiger partial charge in [-0.15, -0.1) is 0 Å². The zero-order valence-corrected chi connectivity index (χ0v) is 15.0. The zero-order valence-electron chi connectivity index (χ0n) is 15.0. The molecule has 0 aliphatic carbocycles. The number of benzene rings is 1. The Labute approximate surface area is 149 Å². The minimum Gasteiger partial charge on any atom is -0.385 e. The van der Waals surface area contributed by atoms with Gasteiger partial charge in [-0.25, -0.2) is 4.39 Å². The SMILES string of the molecule is Cc1nc(C(=O)Nc2ccc(F)c([C@]3(C)COC(C)(C)C(N)=N3)c2)no1. The van der Waals surface area contributed by atoms with Crippen molar-refractivity contribution >= 4 is 17.4 Å². The van der Waals surface area contributed by atoms with Crippen LogP contribution in [0.5, 0.6) is 0 Å². The highest BCUT2D eigenvalue weighted by atomic mass is 19.1. The number of aryl methyl sites for hydroxylation is 1. The average molecular weight is 361 g/mol. The predicted molar refractivity (Wildman–Crippen MR) is 92.4 cm³/mol. The highest BCUT2D eigenvalue weighted by molar-refractivity contribution is 6.01. The second-order valence-electron chi connectivity index (χ2n) is 6.86. The monoisotopic (exact) mass is 361 g/mol. The maximum absolute atomic E-state index is 14.5. The van der Waals surface area contributed by atoms with Crippen LogP contribution in [0, 0.1) is 12.7 Å². The number of rotatable bonds is 3. The van der Waals surface area contributed by atoms with E-state index in [0.717, 1.165) is 0 Å². The number of carbonyl (C=O) groups is 1. The first-order chi connectivity index (χ1) is 12.1. The molecule has 1 amide bonds. The van der Waals surface area contributed by atoms with Crippen LogP contribution < -0.4 is 11.1 Å². The zero-order chi connectivity index (χ0) is 19.1. The fourth-order valence-electron chi connectivity index (χ4n) is 2.56. The Hall–Kier alpha value is -2.81. The fraction of sp³-hybridized carbons (Fsp3) is 0.412. The van der Waals surface area contributed by atoms with Crippen LogP contribution in [0.3, 0.4) is 0 Å². The summed E-state index contributed by atoms with van der Waals surface area (Å²) in [5.74, 6) is -0.587. The summed E-state index contributed by atoms with van der Waals surface area (Å²) in [5.41, 5.74) is 4.89. The summed E-state index contributed by atoms with van der Waals surface area (Å²) >= 11 is 0. The minimum absolute atomic E-state index is 0.107. The molecule has 1 aliphatic rings. The molecular weight excluding hydrogens is 341 g/mol. The number of hydrogen-bond acceptors (Lipinski definition) is 7. The van der Waals surface area contributed by atoms with Gasteiger partial charge in [0.1, 0.15) is 22.8 Å². The van der Waals surface area contributed by atoms with Crippen LogP contribution in [0.15, 0.2) is 27.7 Å². The molecule has 0 saturated heterocycles. The highest BCUT2D eigenvalue weighted by Gasteiger charge is 2.39. The number of aliphatic imine (C=N–C) groups is 1. The number of ether oxygens (including phenoxy) is 1. The van der Waals surface area contributed by atoms with Crippen LogP contribution in [-0.2, 0) is 10.3 Å². The fourth-order valence-corrected chi connectivity index (χ4v) is 2.56. The average Bonchev–Trinajstić information content (AvgIpc) is 3.00. The van der Waals surface area contributed by atoms with Crippen molar-refractivity contribution in [1.29, 1.82) is 0 Å². The van der Waals surface area contributed by atoms with Crippen LogP contribution in [-0.4, -0.2) is 34.1 Å². The molecule has 2 aromatic rings. The summed E-state index contributed by atoms with van der Waals surface area (Å²) in [6.45, 7) is 7.05. The Balaban J connectivity index is 1.91. The Morgan fingerprint density at radius 1 is 1.35 bits per heavy atom. The van der Waals surface area contributed by atoms with E-state index >= 15 is 0 Å². The number of amidine groups is 1. The molecule has 0 fully saturated rings. The topological polar surface area (TPSA) is 116 Å². The maximum Gasteiger partial charge on any atom is 0.297 e. The maximum atomic E-state index is 14.5. The Morgan fingerprint density at radius 2 is 2.08 bits per heavy atom. The summed E-state index contributed by atoms with van der Waals surface area (Å²) in [4.78, 5) is 20.5. The first-order valence-electron chi connectivity index (χ1n) is 8.02. The number of nitrogens with one attached hydrogen (secondary N) is 1. The van der Waals surface area contributed by atoms with Crippen molar-refractivity contribution in [3.8, 4) is 0 Å². The van der Waals surface area contributed by atoms with E-state index in [1.54, 1.807) is 27.7 Å². The van der Waals surface area contributed by atoms with Gasteiger partial charge in [-0.2, -0.15) is 4.98 Å². The van der Waals surface area contributed by atoms with Gasteiger partial charge >= 0.3 is 0 Å². The molecule has 2 heterocycles. The summed E-state index contributed by atoms with van der Waals surface area (Å²) in [7, 11) is 0. The van der Waals surface area contributed by atoms with E-state index in [1.807, 2.05) is 0 Å². The first-order valence-corrected chi connectivity index (χ1v) is 8.02. The van der Waals surface area contributed by atoms with Crippen molar-refractivity contribution < 1.29 is 18.4 Å². The Kier molecular flexibility index (Phi) is 4.27. The third-order valence-electron chi connectivity index (χ3n) is 4.23. The van der Waals surface area contributed by atoms with Crippen LogP contribution >= 0.6 is 0 Å². The van der Waals surface area contributed by atoms with Crippen LogP contribution in [0.4, 0.5) is 10.1 Å². The van der Waals surface area contributed by atoms with Gasteiger partial charge in [0.2, 0.25) is 5.89 Å². The second-order valence-corrected chi connectivity index (χ2v) is 6.86. The van der Waals surface area contributed by atoms with Gasteiger partial charge in [0, 0.05) is 18.2 Å². The number of anilines is 1. The van der Waals surface area contributed by atoms with Crippen LogP contribution in [0.2, 0.25) is 0 Å². The lowest BCUT2D eigenvalue weighted by Crippen LogP contribution is -2.50. The van der Waals surface area contributed by atoms with E-state index in [9.17, 15) is 9.18 Å². The molecule has 0 saturated carbocycles. The first kappa shape index (κ1) is 18.0. The van der Waals surface area contributed by atoms with E-state index in [-0.39, 0.29) is 29.7 Å². The lowest BCUT2D eigenvalue weighted by molar-refractivity contribution is -0.00942. The molecule has 1 aromatic heterocycles. The van der Waals surface area contributed by atoms with Gasteiger partial charge in [0.05, 0.1) is 6.61 Å². The van der Waals surface area contributed by atoms with Gasteiger partial charge in [-0.05, 0) is 39.0 Å². The van der Waals surface area contributed by atoms with Crippen molar-refractivity contribution in [1.82, 2.24) is 10.1 Å². The Bertz CT molecular complexity index is 892.